The van der Waals surface area contributed by atoms with Crippen LogP contribution in [0, 0.1) is 5.92 Å². The number of hydrogen-bond donors (Lipinski definition) is 0. The van der Waals surface area contributed by atoms with Crippen LogP contribution in [0.25, 0.3) is 0 Å². The van der Waals surface area contributed by atoms with E-state index in [1.165, 1.54) is 0 Å². The second-order valence-corrected chi connectivity index (χ2v) is 6.70. The van der Waals surface area contributed by atoms with Crippen molar-refractivity contribution >= 4 is 17.5 Å². The van der Waals surface area contributed by atoms with Crippen molar-refractivity contribution in [1.82, 2.24) is 19.7 Å². The SMILES string of the molecule is CCc1nnc2n1CCN(C(=O)[C@H]1COc3ccc(Cl)cc3C1)C2. The van der Waals surface area contributed by atoms with E-state index in [-0.39, 0.29) is 11.8 Å². The minimum atomic E-state index is -0.170. The van der Waals surface area contributed by atoms with Gasteiger partial charge in [0.05, 0.1) is 12.5 Å². The number of carbonyl (C=O) groups is 1. The quantitative estimate of drug-likeness (QED) is 0.835. The van der Waals surface area contributed by atoms with E-state index in [0.29, 0.717) is 31.1 Å². The zero-order valence-corrected chi connectivity index (χ0v) is 14.3. The molecule has 2 aromatic rings. The first-order chi connectivity index (χ1) is 11.7. The van der Waals surface area contributed by atoms with E-state index < -0.39 is 0 Å². The highest BCUT2D eigenvalue weighted by Crippen LogP contribution is 2.31. The highest BCUT2D eigenvalue weighted by Gasteiger charge is 2.32. The molecule has 0 aliphatic carbocycles. The van der Waals surface area contributed by atoms with Gasteiger partial charge in [0.2, 0.25) is 5.91 Å². The lowest BCUT2D eigenvalue weighted by atomic mass is 9.95. The number of fused-ring (bicyclic) bond motifs is 2. The highest BCUT2D eigenvalue weighted by molar-refractivity contribution is 6.30. The zero-order chi connectivity index (χ0) is 16.7. The van der Waals surface area contributed by atoms with Crippen LogP contribution in [0.2, 0.25) is 5.02 Å². The molecule has 2 aliphatic rings. The van der Waals surface area contributed by atoms with Crippen molar-refractivity contribution in [2.45, 2.75) is 32.9 Å². The van der Waals surface area contributed by atoms with Crippen molar-refractivity contribution in [2.24, 2.45) is 5.92 Å². The Labute approximate surface area is 145 Å². The number of nitrogens with zero attached hydrogens (tertiary/aromatic N) is 4. The molecule has 0 saturated heterocycles. The van der Waals surface area contributed by atoms with Gasteiger partial charge in [-0.1, -0.05) is 18.5 Å². The van der Waals surface area contributed by atoms with Crippen molar-refractivity contribution < 1.29 is 9.53 Å². The van der Waals surface area contributed by atoms with Crippen LogP contribution < -0.4 is 4.74 Å². The first-order valence-electron chi connectivity index (χ1n) is 8.26. The van der Waals surface area contributed by atoms with Gasteiger partial charge in [0.1, 0.15) is 18.2 Å². The van der Waals surface area contributed by atoms with E-state index in [1.54, 1.807) is 0 Å². The van der Waals surface area contributed by atoms with Crippen molar-refractivity contribution in [3.8, 4) is 5.75 Å². The maximum Gasteiger partial charge on any atom is 0.229 e. The Bertz CT molecular complexity index is 789. The van der Waals surface area contributed by atoms with E-state index in [1.807, 2.05) is 23.1 Å². The van der Waals surface area contributed by atoms with Crippen molar-refractivity contribution in [3.05, 3.63) is 40.4 Å². The van der Waals surface area contributed by atoms with Crippen LogP contribution in [0.3, 0.4) is 0 Å². The third-order valence-electron chi connectivity index (χ3n) is 4.74. The van der Waals surface area contributed by atoms with Crippen LogP contribution in [-0.4, -0.2) is 38.7 Å². The minimum Gasteiger partial charge on any atom is -0.492 e. The molecule has 0 saturated carbocycles. The van der Waals surface area contributed by atoms with Crippen molar-refractivity contribution in [1.29, 1.82) is 0 Å². The minimum absolute atomic E-state index is 0.118. The summed E-state index contributed by atoms with van der Waals surface area (Å²) in [5, 5.41) is 9.09. The lowest BCUT2D eigenvalue weighted by Gasteiger charge is -2.33. The molecule has 7 heteroatoms. The molecule has 1 atom stereocenters. The molecule has 0 radical (unpaired) electrons. The van der Waals surface area contributed by atoms with Crippen molar-refractivity contribution in [3.63, 3.8) is 0 Å². The summed E-state index contributed by atoms with van der Waals surface area (Å²) in [5.41, 5.74) is 1.00. The van der Waals surface area contributed by atoms with Gasteiger partial charge in [0.25, 0.3) is 0 Å². The largest absolute Gasteiger partial charge is 0.492 e. The average molecular weight is 347 g/mol. The Kier molecular flexibility index (Phi) is 3.92. The standard InChI is InChI=1S/C17H19ClN4O2/c1-2-15-19-20-16-9-21(5-6-22(15)16)17(23)12-7-11-8-13(18)3-4-14(11)24-10-12/h3-4,8,12H,2,5-7,9-10H2,1H3/t12-/m1/s1. The zero-order valence-electron chi connectivity index (χ0n) is 13.5. The second-order valence-electron chi connectivity index (χ2n) is 6.26. The molecule has 0 bridgehead atoms. The molecule has 0 spiro atoms. The van der Waals surface area contributed by atoms with Gasteiger partial charge in [0.15, 0.2) is 5.82 Å². The van der Waals surface area contributed by atoms with Crippen LogP contribution in [-0.2, 0) is 30.7 Å². The summed E-state index contributed by atoms with van der Waals surface area (Å²) in [6, 6.07) is 5.57. The molecule has 2 aliphatic heterocycles. The van der Waals surface area contributed by atoms with Gasteiger partial charge in [0, 0.05) is 24.5 Å². The predicted octanol–water partition coefficient (Wildman–Crippen LogP) is 2.09. The van der Waals surface area contributed by atoms with Crippen LogP contribution in [0.1, 0.15) is 24.1 Å². The number of aryl methyl sites for hydroxylation is 1. The fourth-order valence-corrected chi connectivity index (χ4v) is 3.64. The number of hydrogen-bond acceptors (Lipinski definition) is 4. The van der Waals surface area contributed by atoms with E-state index in [2.05, 4.69) is 21.7 Å². The smallest absolute Gasteiger partial charge is 0.229 e. The highest BCUT2D eigenvalue weighted by atomic mass is 35.5. The maximum atomic E-state index is 12.9. The summed E-state index contributed by atoms with van der Waals surface area (Å²) >= 11 is 6.06. The fourth-order valence-electron chi connectivity index (χ4n) is 3.45. The number of amides is 1. The fraction of sp³-hybridized carbons (Fsp3) is 0.471. The van der Waals surface area contributed by atoms with Crippen LogP contribution in [0.15, 0.2) is 18.2 Å². The Morgan fingerprint density at radius 1 is 1.38 bits per heavy atom. The topological polar surface area (TPSA) is 60.2 Å². The second kappa shape index (κ2) is 6.09. The molecule has 6 nitrogen and oxygen atoms in total. The number of rotatable bonds is 2. The van der Waals surface area contributed by atoms with Gasteiger partial charge < -0.3 is 14.2 Å². The van der Waals surface area contributed by atoms with Crippen LogP contribution >= 0.6 is 11.6 Å². The average Bonchev–Trinajstić information content (AvgIpc) is 3.02. The molecule has 1 amide bonds. The Morgan fingerprint density at radius 3 is 3.08 bits per heavy atom. The van der Waals surface area contributed by atoms with Gasteiger partial charge in [-0.2, -0.15) is 0 Å². The Hall–Kier alpha value is -2.08. The van der Waals surface area contributed by atoms with Crippen LogP contribution in [0.4, 0.5) is 0 Å². The number of ether oxygens (including phenoxy) is 1. The third kappa shape index (κ3) is 2.65. The van der Waals surface area contributed by atoms with Crippen LogP contribution in [0.5, 0.6) is 5.75 Å². The monoisotopic (exact) mass is 346 g/mol. The van der Waals surface area contributed by atoms with E-state index in [0.717, 1.165) is 35.9 Å². The number of carbonyl (C=O) groups excluding carboxylic acids is 1. The molecule has 3 heterocycles. The van der Waals surface area contributed by atoms with E-state index in [4.69, 9.17) is 16.3 Å². The van der Waals surface area contributed by atoms with Gasteiger partial charge in [-0.15, -0.1) is 10.2 Å². The molecular formula is C17H19ClN4O2. The molecule has 126 valence electrons. The van der Waals surface area contributed by atoms with Gasteiger partial charge in [-0.3, -0.25) is 4.79 Å². The molecule has 0 unspecified atom stereocenters. The molecule has 24 heavy (non-hydrogen) atoms. The molecule has 4 rings (SSSR count). The Balaban J connectivity index is 1.49. The van der Waals surface area contributed by atoms with E-state index >= 15 is 0 Å². The Morgan fingerprint density at radius 2 is 2.25 bits per heavy atom. The molecule has 1 aromatic heterocycles. The van der Waals surface area contributed by atoms with Gasteiger partial charge in [-0.05, 0) is 30.2 Å². The first kappa shape index (κ1) is 15.4. The molecule has 1 aromatic carbocycles. The third-order valence-corrected chi connectivity index (χ3v) is 4.97. The molecular weight excluding hydrogens is 328 g/mol. The van der Waals surface area contributed by atoms with Gasteiger partial charge in [-0.25, -0.2) is 0 Å². The summed E-state index contributed by atoms with van der Waals surface area (Å²) in [4.78, 5) is 14.8. The lowest BCUT2D eigenvalue weighted by Crippen LogP contribution is -2.44. The number of halogens is 1. The van der Waals surface area contributed by atoms with E-state index in [9.17, 15) is 4.79 Å². The maximum absolute atomic E-state index is 12.9. The van der Waals surface area contributed by atoms with Crippen molar-refractivity contribution in [2.75, 3.05) is 13.2 Å². The predicted molar refractivity (Wildman–Crippen MR) is 89.0 cm³/mol. The normalized spacial score (nSPS) is 19.4. The lowest BCUT2D eigenvalue weighted by molar-refractivity contribution is -0.138. The summed E-state index contributed by atoms with van der Waals surface area (Å²) < 4.78 is 7.88. The summed E-state index contributed by atoms with van der Waals surface area (Å²) in [6.07, 6.45) is 1.52. The van der Waals surface area contributed by atoms with Gasteiger partial charge >= 0.3 is 0 Å². The first-order valence-corrected chi connectivity index (χ1v) is 8.64. The summed E-state index contributed by atoms with van der Waals surface area (Å²) in [5.74, 6) is 2.63. The number of aromatic nitrogens is 3. The molecule has 0 fully saturated rings. The molecule has 0 N–H and O–H groups in total. The summed E-state index contributed by atoms with van der Waals surface area (Å²) in [6.45, 7) is 4.45. The number of benzene rings is 1. The summed E-state index contributed by atoms with van der Waals surface area (Å²) in [7, 11) is 0.